The highest BCUT2D eigenvalue weighted by Gasteiger charge is 2.28. The minimum atomic E-state index is -0.164. The van der Waals surface area contributed by atoms with Gasteiger partial charge < -0.3 is 10.1 Å². The van der Waals surface area contributed by atoms with Crippen LogP contribution in [0.1, 0.15) is 18.4 Å². The summed E-state index contributed by atoms with van der Waals surface area (Å²) in [5.74, 6) is 0.440. The largest absolute Gasteiger partial charge is 0.495 e. The molecular formula is C14H19N3O3. The first-order valence-electron chi connectivity index (χ1n) is 6.59. The molecule has 1 aromatic rings. The van der Waals surface area contributed by atoms with E-state index in [2.05, 4.69) is 10.7 Å². The lowest BCUT2D eigenvalue weighted by molar-refractivity contribution is -0.141. The lowest BCUT2D eigenvalue weighted by Gasteiger charge is -2.16. The van der Waals surface area contributed by atoms with Gasteiger partial charge in [0.15, 0.2) is 0 Å². The van der Waals surface area contributed by atoms with Crippen molar-refractivity contribution in [2.45, 2.75) is 19.8 Å². The van der Waals surface area contributed by atoms with Crippen LogP contribution in [0.3, 0.4) is 0 Å². The second kappa shape index (κ2) is 6.38. The van der Waals surface area contributed by atoms with E-state index < -0.39 is 0 Å². The van der Waals surface area contributed by atoms with E-state index in [0.717, 1.165) is 22.0 Å². The topological polar surface area (TPSA) is 70.7 Å². The molecule has 1 heterocycles. The number of carbonyl (C=O) groups is 2. The van der Waals surface area contributed by atoms with E-state index in [1.165, 1.54) is 0 Å². The Labute approximate surface area is 118 Å². The minimum Gasteiger partial charge on any atom is -0.495 e. The maximum atomic E-state index is 11.4. The van der Waals surface area contributed by atoms with Crippen LogP contribution in [-0.2, 0) is 9.59 Å². The molecule has 6 heteroatoms. The van der Waals surface area contributed by atoms with Gasteiger partial charge in [-0.05, 0) is 24.6 Å². The van der Waals surface area contributed by atoms with Gasteiger partial charge in [-0.3, -0.25) is 9.59 Å². The molecule has 0 bridgehead atoms. The summed E-state index contributed by atoms with van der Waals surface area (Å²) < 4.78 is 5.26. The average Bonchev–Trinajstić information content (AvgIpc) is 2.75. The first-order valence-corrected chi connectivity index (χ1v) is 6.59. The van der Waals surface area contributed by atoms with Crippen LogP contribution in [0.15, 0.2) is 18.2 Å². The fourth-order valence-corrected chi connectivity index (χ4v) is 2.08. The molecule has 108 valence electrons. The third-order valence-electron chi connectivity index (χ3n) is 3.12. The van der Waals surface area contributed by atoms with Gasteiger partial charge in [0.05, 0.1) is 12.8 Å². The molecule has 0 unspecified atom stereocenters. The maximum absolute atomic E-state index is 11.4. The summed E-state index contributed by atoms with van der Waals surface area (Å²) in [4.78, 5) is 22.8. The zero-order chi connectivity index (χ0) is 14.5. The molecular weight excluding hydrogens is 258 g/mol. The molecule has 0 aliphatic carbocycles. The number of nitrogens with zero attached hydrogens (tertiary/aromatic N) is 1. The van der Waals surface area contributed by atoms with Gasteiger partial charge in [-0.15, -0.1) is 0 Å². The van der Waals surface area contributed by atoms with E-state index in [0.29, 0.717) is 25.9 Å². The number of imide groups is 1. The van der Waals surface area contributed by atoms with E-state index in [-0.39, 0.29) is 11.8 Å². The summed E-state index contributed by atoms with van der Waals surface area (Å²) in [5, 5.41) is 4.33. The Morgan fingerprint density at radius 2 is 1.90 bits per heavy atom. The van der Waals surface area contributed by atoms with Crippen molar-refractivity contribution >= 4 is 17.5 Å². The lowest BCUT2D eigenvalue weighted by atomic mass is 10.2. The summed E-state index contributed by atoms with van der Waals surface area (Å²) >= 11 is 0. The number of anilines is 1. The molecule has 2 amide bonds. The Bertz CT molecular complexity index is 500. The number of ether oxygens (including phenoxy) is 1. The SMILES string of the molecule is COc1ccc(C)cc1NCCNN1C(=O)CCC1=O. The van der Waals surface area contributed by atoms with Gasteiger partial charge in [0.2, 0.25) is 11.8 Å². The highest BCUT2D eigenvalue weighted by atomic mass is 16.5. The fourth-order valence-electron chi connectivity index (χ4n) is 2.08. The third-order valence-corrected chi connectivity index (χ3v) is 3.12. The van der Waals surface area contributed by atoms with Crippen LogP contribution in [0.5, 0.6) is 5.75 Å². The van der Waals surface area contributed by atoms with Crippen molar-refractivity contribution < 1.29 is 14.3 Å². The highest BCUT2D eigenvalue weighted by Crippen LogP contribution is 2.24. The maximum Gasteiger partial charge on any atom is 0.244 e. The Morgan fingerprint density at radius 3 is 2.55 bits per heavy atom. The van der Waals surface area contributed by atoms with Crippen LogP contribution in [0.4, 0.5) is 5.69 Å². The van der Waals surface area contributed by atoms with Gasteiger partial charge in [-0.25, -0.2) is 10.4 Å². The monoisotopic (exact) mass is 277 g/mol. The Balaban J connectivity index is 1.83. The van der Waals surface area contributed by atoms with Crippen molar-refractivity contribution in [3.63, 3.8) is 0 Å². The summed E-state index contributed by atoms with van der Waals surface area (Å²) in [6.45, 7) is 3.07. The summed E-state index contributed by atoms with van der Waals surface area (Å²) in [6.07, 6.45) is 0.593. The van der Waals surface area contributed by atoms with Gasteiger partial charge in [0, 0.05) is 25.9 Å². The molecule has 0 atom stereocenters. The first kappa shape index (κ1) is 14.3. The molecule has 1 aromatic carbocycles. The summed E-state index contributed by atoms with van der Waals surface area (Å²) in [6, 6.07) is 5.87. The molecule has 1 aliphatic rings. The fraction of sp³-hybridized carbons (Fsp3) is 0.429. The molecule has 0 saturated carbocycles. The Kier molecular flexibility index (Phi) is 4.57. The average molecular weight is 277 g/mol. The number of hydrogen-bond acceptors (Lipinski definition) is 5. The van der Waals surface area contributed by atoms with Crippen molar-refractivity contribution in [2.75, 3.05) is 25.5 Å². The Morgan fingerprint density at radius 1 is 1.20 bits per heavy atom. The van der Waals surface area contributed by atoms with Gasteiger partial charge in [0.1, 0.15) is 5.75 Å². The number of benzene rings is 1. The predicted octanol–water partition coefficient (Wildman–Crippen LogP) is 1.07. The number of carbonyl (C=O) groups excluding carboxylic acids is 2. The second-order valence-corrected chi connectivity index (χ2v) is 4.66. The van der Waals surface area contributed by atoms with E-state index >= 15 is 0 Å². The van der Waals surface area contributed by atoms with Crippen molar-refractivity contribution in [2.24, 2.45) is 0 Å². The number of rotatable bonds is 6. The van der Waals surface area contributed by atoms with E-state index in [1.54, 1.807) is 7.11 Å². The third kappa shape index (κ3) is 3.27. The molecule has 0 aromatic heterocycles. The van der Waals surface area contributed by atoms with Crippen molar-refractivity contribution in [3.05, 3.63) is 23.8 Å². The normalized spacial score (nSPS) is 14.8. The lowest BCUT2D eigenvalue weighted by Crippen LogP contribution is -2.43. The molecule has 0 radical (unpaired) electrons. The molecule has 1 saturated heterocycles. The van der Waals surface area contributed by atoms with Crippen molar-refractivity contribution in [1.29, 1.82) is 0 Å². The Hall–Kier alpha value is -2.08. The molecule has 1 fully saturated rings. The van der Waals surface area contributed by atoms with Gasteiger partial charge in [0.25, 0.3) is 0 Å². The van der Waals surface area contributed by atoms with Crippen LogP contribution in [-0.4, -0.2) is 37.0 Å². The van der Waals surface area contributed by atoms with Gasteiger partial charge in [-0.1, -0.05) is 6.07 Å². The van der Waals surface area contributed by atoms with E-state index in [1.807, 2.05) is 25.1 Å². The van der Waals surface area contributed by atoms with Gasteiger partial charge in [-0.2, -0.15) is 0 Å². The quantitative estimate of drug-likeness (QED) is 0.601. The molecule has 20 heavy (non-hydrogen) atoms. The van der Waals surface area contributed by atoms with Crippen LogP contribution in [0.2, 0.25) is 0 Å². The number of nitrogens with one attached hydrogen (secondary N) is 2. The number of aryl methyl sites for hydroxylation is 1. The zero-order valence-corrected chi connectivity index (χ0v) is 11.7. The van der Waals surface area contributed by atoms with E-state index in [9.17, 15) is 9.59 Å². The van der Waals surface area contributed by atoms with Gasteiger partial charge >= 0.3 is 0 Å². The molecule has 2 N–H and O–H groups in total. The standard InChI is InChI=1S/C14H19N3O3/c1-10-3-4-12(20-2)11(9-10)15-7-8-16-17-13(18)5-6-14(17)19/h3-4,9,15-16H,5-8H2,1-2H3. The van der Waals surface area contributed by atoms with Crippen molar-refractivity contribution in [1.82, 2.24) is 10.4 Å². The van der Waals surface area contributed by atoms with Crippen LogP contribution in [0, 0.1) is 6.92 Å². The highest BCUT2D eigenvalue weighted by molar-refractivity contribution is 6.01. The first-order chi connectivity index (χ1) is 9.61. The van der Waals surface area contributed by atoms with Crippen LogP contribution in [0.25, 0.3) is 0 Å². The van der Waals surface area contributed by atoms with Crippen LogP contribution < -0.4 is 15.5 Å². The number of amides is 2. The molecule has 6 nitrogen and oxygen atoms in total. The smallest absolute Gasteiger partial charge is 0.244 e. The second-order valence-electron chi connectivity index (χ2n) is 4.66. The number of methoxy groups -OCH3 is 1. The van der Waals surface area contributed by atoms with E-state index in [4.69, 9.17) is 4.74 Å². The minimum absolute atomic E-state index is 0.164. The van der Waals surface area contributed by atoms with Crippen LogP contribution >= 0.6 is 0 Å². The summed E-state index contributed by atoms with van der Waals surface area (Å²) in [7, 11) is 1.62. The zero-order valence-electron chi connectivity index (χ0n) is 11.7. The predicted molar refractivity (Wildman–Crippen MR) is 75.3 cm³/mol. The number of hydrazine groups is 1. The summed E-state index contributed by atoms with van der Waals surface area (Å²) in [5.41, 5.74) is 4.86. The number of hydrogen-bond donors (Lipinski definition) is 2. The molecule has 0 spiro atoms. The molecule has 1 aliphatic heterocycles. The molecule has 2 rings (SSSR count). The van der Waals surface area contributed by atoms with Crippen molar-refractivity contribution in [3.8, 4) is 5.75 Å².